The number of hydrogen-bond donors (Lipinski definition) is 3. The van der Waals surface area contributed by atoms with E-state index in [0.717, 1.165) is 22.6 Å². The van der Waals surface area contributed by atoms with Crippen LogP contribution in [0.1, 0.15) is 35.5 Å². The predicted octanol–water partition coefficient (Wildman–Crippen LogP) is 2.55. The summed E-state index contributed by atoms with van der Waals surface area (Å²) in [5.41, 5.74) is 2.64. The lowest BCUT2D eigenvalue weighted by molar-refractivity contribution is 0.391. The molecule has 0 aliphatic carbocycles. The number of nitrogens with one attached hydrogen (secondary N) is 1. The average Bonchev–Trinajstić information content (AvgIpc) is 2.66. The van der Waals surface area contributed by atoms with Crippen LogP contribution in [0.5, 0.6) is 11.5 Å². The fourth-order valence-corrected chi connectivity index (χ4v) is 2.02. The van der Waals surface area contributed by atoms with Gasteiger partial charge in [-0.2, -0.15) is 0 Å². The van der Waals surface area contributed by atoms with Crippen LogP contribution in [0.15, 0.2) is 22.7 Å². The Morgan fingerprint density at radius 2 is 2.05 bits per heavy atom. The topological polar surface area (TPSA) is 78.5 Å². The summed E-state index contributed by atoms with van der Waals surface area (Å²) in [4.78, 5) is 0. The van der Waals surface area contributed by atoms with Crippen molar-refractivity contribution in [1.82, 2.24) is 10.5 Å². The monoisotopic (exact) mass is 262 g/mol. The summed E-state index contributed by atoms with van der Waals surface area (Å²) in [5.74, 6) is 0.935. The van der Waals surface area contributed by atoms with Gasteiger partial charge in [-0.05, 0) is 26.8 Å². The molecule has 0 fully saturated rings. The third-order valence-corrected chi connectivity index (χ3v) is 3.25. The van der Waals surface area contributed by atoms with Crippen molar-refractivity contribution >= 4 is 0 Å². The zero-order valence-corrected chi connectivity index (χ0v) is 11.3. The molecular formula is C14H18N2O3. The lowest BCUT2D eigenvalue weighted by atomic mass is 10.1. The normalized spacial score (nSPS) is 12.6. The first-order chi connectivity index (χ1) is 8.99. The maximum atomic E-state index is 9.80. The van der Waals surface area contributed by atoms with Gasteiger partial charge >= 0.3 is 0 Å². The second-order valence-electron chi connectivity index (χ2n) is 4.65. The maximum absolute atomic E-state index is 9.80. The van der Waals surface area contributed by atoms with Crippen molar-refractivity contribution in [3.8, 4) is 11.5 Å². The van der Waals surface area contributed by atoms with E-state index in [2.05, 4.69) is 10.5 Å². The summed E-state index contributed by atoms with van der Waals surface area (Å²) in [6.45, 7) is 6.34. The SMILES string of the molecule is Cc1noc(C)c1CNC(C)c1ccc(O)cc1O. The van der Waals surface area contributed by atoms with Crippen LogP contribution in [-0.4, -0.2) is 15.4 Å². The molecule has 102 valence electrons. The number of aromatic nitrogens is 1. The van der Waals surface area contributed by atoms with Crippen molar-refractivity contribution < 1.29 is 14.7 Å². The molecule has 0 amide bonds. The van der Waals surface area contributed by atoms with Crippen LogP contribution in [0.3, 0.4) is 0 Å². The number of hydrogen-bond acceptors (Lipinski definition) is 5. The van der Waals surface area contributed by atoms with Crippen LogP contribution in [0.2, 0.25) is 0 Å². The summed E-state index contributed by atoms with van der Waals surface area (Å²) in [6, 6.07) is 4.55. The van der Waals surface area contributed by atoms with Gasteiger partial charge in [-0.1, -0.05) is 11.2 Å². The van der Waals surface area contributed by atoms with E-state index in [9.17, 15) is 10.2 Å². The highest BCUT2D eigenvalue weighted by Gasteiger charge is 2.13. The molecule has 0 bridgehead atoms. The summed E-state index contributed by atoms with van der Waals surface area (Å²) in [5, 5.41) is 26.3. The van der Waals surface area contributed by atoms with Gasteiger partial charge in [0, 0.05) is 29.8 Å². The average molecular weight is 262 g/mol. The smallest absolute Gasteiger partial charge is 0.138 e. The zero-order valence-electron chi connectivity index (χ0n) is 11.3. The van der Waals surface area contributed by atoms with E-state index in [1.54, 1.807) is 12.1 Å². The van der Waals surface area contributed by atoms with Crippen molar-refractivity contribution in [2.75, 3.05) is 0 Å². The van der Waals surface area contributed by atoms with Crippen LogP contribution in [-0.2, 0) is 6.54 Å². The standard InChI is InChI=1S/C14H18N2O3/c1-8(12-5-4-11(17)6-14(12)18)15-7-13-9(2)16-19-10(13)3/h4-6,8,15,17-18H,7H2,1-3H3. The predicted molar refractivity (Wildman–Crippen MR) is 71.0 cm³/mol. The highest BCUT2D eigenvalue weighted by molar-refractivity contribution is 5.40. The minimum Gasteiger partial charge on any atom is -0.508 e. The molecule has 0 aliphatic rings. The van der Waals surface area contributed by atoms with E-state index in [1.807, 2.05) is 20.8 Å². The van der Waals surface area contributed by atoms with Crippen LogP contribution in [0, 0.1) is 13.8 Å². The van der Waals surface area contributed by atoms with Gasteiger partial charge < -0.3 is 20.1 Å². The molecule has 0 spiro atoms. The van der Waals surface area contributed by atoms with E-state index in [-0.39, 0.29) is 17.5 Å². The van der Waals surface area contributed by atoms with Gasteiger partial charge in [0.25, 0.3) is 0 Å². The van der Waals surface area contributed by atoms with Gasteiger partial charge in [0.15, 0.2) is 0 Å². The molecular weight excluding hydrogens is 244 g/mol. The summed E-state index contributed by atoms with van der Waals surface area (Å²) in [6.07, 6.45) is 0. The van der Waals surface area contributed by atoms with Gasteiger partial charge in [-0.25, -0.2) is 0 Å². The van der Waals surface area contributed by atoms with Crippen molar-refractivity contribution in [1.29, 1.82) is 0 Å². The van der Waals surface area contributed by atoms with Crippen molar-refractivity contribution in [3.63, 3.8) is 0 Å². The second kappa shape index (κ2) is 5.32. The number of aromatic hydroxyl groups is 2. The quantitative estimate of drug-likeness (QED) is 0.789. The largest absolute Gasteiger partial charge is 0.508 e. The molecule has 2 aromatic rings. The minimum atomic E-state index is -0.0469. The molecule has 1 atom stereocenters. The van der Waals surface area contributed by atoms with E-state index < -0.39 is 0 Å². The molecule has 5 nitrogen and oxygen atoms in total. The highest BCUT2D eigenvalue weighted by atomic mass is 16.5. The van der Waals surface area contributed by atoms with Crippen molar-refractivity contribution in [3.05, 3.63) is 40.8 Å². The number of rotatable bonds is 4. The summed E-state index contributed by atoms with van der Waals surface area (Å²) < 4.78 is 5.10. The first-order valence-electron chi connectivity index (χ1n) is 6.16. The fraction of sp³-hybridized carbons (Fsp3) is 0.357. The van der Waals surface area contributed by atoms with Gasteiger partial charge in [0.05, 0.1) is 5.69 Å². The third kappa shape index (κ3) is 2.88. The van der Waals surface area contributed by atoms with Crippen LogP contribution < -0.4 is 5.32 Å². The lowest BCUT2D eigenvalue weighted by Crippen LogP contribution is -2.18. The van der Waals surface area contributed by atoms with Gasteiger partial charge in [-0.3, -0.25) is 0 Å². The number of nitrogens with zero attached hydrogens (tertiary/aromatic N) is 1. The zero-order chi connectivity index (χ0) is 14.0. The first-order valence-corrected chi connectivity index (χ1v) is 6.16. The van der Waals surface area contributed by atoms with Gasteiger partial charge in [0.2, 0.25) is 0 Å². The van der Waals surface area contributed by atoms with Crippen molar-refractivity contribution in [2.45, 2.75) is 33.4 Å². The molecule has 2 rings (SSSR count). The molecule has 0 radical (unpaired) electrons. The molecule has 0 saturated heterocycles. The lowest BCUT2D eigenvalue weighted by Gasteiger charge is -2.15. The number of phenolic OH excluding ortho intramolecular Hbond substituents is 2. The van der Waals surface area contributed by atoms with Crippen LogP contribution >= 0.6 is 0 Å². The molecule has 0 saturated carbocycles. The second-order valence-corrected chi connectivity index (χ2v) is 4.65. The Morgan fingerprint density at radius 1 is 1.32 bits per heavy atom. The Bertz CT molecular complexity index is 559. The molecule has 3 N–H and O–H groups in total. The molecule has 5 heteroatoms. The number of phenols is 2. The first kappa shape index (κ1) is 13.4. The summed E-state index contributed by atoms with van der Waals surface area (Å²) >= 11 is 0. The Balaban J connectivity index is 2.07. The van der Waals surface area contributed by atoms with Gasteiger partial charge in [0.1, 0.15) is 17.3 Å². The maximum Gasteiger partial charge on any atom is 0.138 e. The van der Waals surface area contributed by atoms with Gasteiger partial charge in [-0.15, -0.1) is 0 Å². The Hall–Kier alpha value is -2.01. The Labute approximate surface area is 111 Å². The number of benzene rings is 1. The highest BCUT2D eigenvalue weighted by Crippen LogP contribution is 2.28. The summed E-state index contributed by atoms with van der Waals surface area (Å²) in [7, 11) is 0. The molecule has 1 heterocycles. The molecule has 0 aliphatic heterocycles. The molecule has 19 heavy (non-hydrogen) atoms. The fourth-order valence-electron chi connectivity index (χ4n) is 2.02. The Kier molecular flexibility index (Phi) is 3.76. The molecule has 1 aromatic heterocycles. The molecule has 1 aromatic carbocycles. The van der Waals surface area contributed by atoms with Crippen LogP contribution in [0.25, 0.3) is 0 Å². The Morgan fingerprint density at radius 3 is 2.63 bits per heavy atom. The third-order valence-electron chi connectivity index (χ3n) is 3.25. The minimum absolute atomic E-state index is 0.0469. The number of aryl methyl sites for hydroxylation is 2. The van der Waals surface area contributed by atoms with E-state index in [1.165, 1.54) is 6.07 Å². The van der Waals surface area contributed by atoms with E-state index >= 15 is 0 Å². The molecule has 1 unspecified atom stereocenters. The van der Waals surface area contributed by atoms with E-state index in [4.69, 9.17) is 4.52 Å². The van der Waals surface area contributed by atoms with Crippen LogP contribution in [0.4, 0.5) is 0 Å². The van der Waals surface area contributed by atoms with Crippen molar-refractivity contribution in [2.24, 2.45) is 0 Å². The van der Waals surface area contributed by atoms with E-state index in [0.29, 0.717) is 6.54 Å².